The highest BCUT2D eigenvalue weighted by Gasteiger charge is 2.37. The van der Waals surface area contributed by atoms with Gasteiger partial charge in [0.25, 0.3) is 5.91 Å². The van der Waals surface area contributed by atoms with E-state index in [4.69, 9.17) is 11.1 Å². The van der Waals surface area contributed by atoms with Gasteiger partial charge in [0.15, 0.2) is 0 Å². The number of rotatable bonds is 8. The lowest BCUT2D eigenvalue weighted by molar-refractivity contribution is 0.0968. The number of carbonyl (C=O) groups excluding carboxylic acids is 1. The smallest absolute Gasteiger partial charge is 0.276 e. The van der Waals surface area contributed by atoms with E-state index < -0.39 is 17.4 Å². The Morgan fingerprint density at radius 1 is 1.06 bits per heavy atom. The van der Waals surface area contributed by atoms with Gasteiger partial charge in [0.2, 0.25) is 5.95 Å². The van der Waals surface area contributed by atoms with Crippen LogP contribution in [0.15, 0.2) is 43.1 Å². The molecule has 2 atom stereocenters. The molecule has 0 aliphatic carbocycles. The van der Waals surface area contributed by atoms with Gasteiger partial charge in [-0.2, -0.15) is 0 Å². The Morgan fingerprint density at radius 3 is 2.29 bits per heavy atom. The molecule has 0 saturated heterocycles. The fourth-order valence-corrected chi connectivity index (χ4v) is 3.20. The fourth-order valence-electron chi connectivity index (χ4n) is 3.20. The minimum absolute atomic E-state index is 0.0223. The van der Waals surface area contributed by atoms with Gasteiger partial charge in [0.1, 0.15) is 17.3 Å². The Hall–Kier alpha value is -3.99. The molecule has 0 aliphatic heterocycles. The van der Waals surface area contributed by atoms with Crippen molar-refractivity contribution in [2.75, 3.05) is 17.6 Å². The zero-order valence-electron chi connectivity index (χ0n) is 19.6. The first kappa shape index (κ1) is 24.6. The Kier molecular flexibility index (Phi) is 7.47. The van der Waals surface area contributed by atoms with E-state index in [1.807, 2.05) is 32.9 Å². The standard InChI is InChI=1S/C23H29N9O2/c1-13(2)23(4,16-5-6-17(26-10-16)15-8-30-22(25)31-9-15)21(24)32-20(34)18-11-29-19(12-27-18)28-7-14(3)33/h5-6,8-14,33H,7H2,1-4H3,(H,28,29)(H2,24,32,34)(H2,25,30,31)/t14-,23?/m1/s1. The lowest BCUT2D eigenvalue weighted by Crippen LogP contribution is -2.47. The Bertz CT molecular complexity index is 1130. The third-order valence-corrected chi connectivity index (χ3v) is 5.71. The van der Waals surface area contributed by atoms with E-state index >= 15 is 0 Å². The Morgan fingerprint density at radius 2 is 1.76 bits per heavy atom. The number of aliphatic hydroxyl groups excluding tert-OH is 1. The third kappa shape index (κ3) is 5.49. The third-order valence-electron chi connectivity index (χ3n) is 5.71. The number of aromatic nitrogens is 5. The molecule has 0 aromatic carbocycles. The number of nitrogens with one attached hydrogen (secondary N) is 3. The summed E-state index contributed by atoms with van der Waals surface area (Å²) in [6.45, 7) is 7.80. The van der Waals surface area contributed by atoms with Crippen LogP contribution in [0.1, 0.15) is 43.7 Å². The van der Waals surface area contributed by atoms with Crippen molar-refractivity contribution in [3.05, 3.63) is 54.4 Å². The number of hydrogen-bond donors (Lipinski definition) is 5. The zero-order valence-corrected chi connectivity index (χ0v) is 19.6. The van der Waals surface area contributed by atoms with Gasteiger partial charge in [0.05, 0.1) is 29.6 Å². The average Bonchev–Trinajstić information content (AvgIpc) is 2.83. The summed E-state index contributed by atoms with van der Waals surface area (Å²) in [6, 6.07) is 3.70. The van der Waals surface area contributed by atoms with Crippen molar-refractivity contribution in [2.45, 2.75) is 39.2 Å². The van der Waals surface area contributed by atoms with Gasteiger partial charge < -0.3 is 21.5 Å². The van der Waals surface area contributed by atoms with Crippen molar-refractivity contribution in [1.29, 1.82) is 5.41 Å². The number of hydrogen-bond acceptors (Lipinski definition) is 10. The first-order valence-electron chi connectivity index (χ1n) is 10.8. The summed E-state index contributed by atoms with van der Waals surface area (Å²) in [5, 5.41) is 23.6. The summed E-state index contributed by atoms with van der Waals surface area (Å²) in [5.74, 6) is 0.0986. The topological polar surface area (TPSA) is 176 Å². The summed E-state index contributed by atoms with van der Waals surface area (Å²) in [4.78, 5) is 33.5. The van der Waals surface area contributed by atoms with Crippen LogP contribution in [-0.4, -0.2) is 54.4 Å². The molecule has 0 aliphatic rings. The van der Waals surface area contributed by atoms with Crippen LogP contribution in [0, 0.1) is 11.3 Å². The highest BCUT2D eigenvalue weighted by Crippen LogP contribution is 2.33. The Labute approximate surface area is 197 Å². The summed E-state index contributed by atoms with van der Waals surface area (Å²) in [6.07, 6.45) is 7.08. The van der Waals surface area contributed by atoms with Crippen LogP contribution in [0.2, 0.25) is 0 Å². The molecular formula is C23H29N9O2. The summed E-state index contributed by atoms with van der Waals surface area (Å²) >= 11 is 0. The number of aliphatic hydroxyl groups is 1. The van der Waals surface area contributed by atoms with Crippen LogP contribution < -0.4 is 16.4 Å². The molecule has 0 fully saturated rings. The van der Waals surface area contributed by atoms with E-state index in [-0.39, 0.29) is 23.4 Å². The van der Waals surface area contributed by atoms with Crippen molar-refractivity contribution < 1.29 is 9.90 Å². The van der Waals surface area contributed by atoms with Crippen molar-refractivity contribution in [2.24, 2.45) is 5.92 Å². The molecule has 1 amide bonds. The number of pyridine rings is 1. The van der Waals surface area contributed by atoms with Crippen molar-refractivity contribution in [3.8, 4) is 11.3 Å². The second-order valence-corrected chi connectivity index (χ2v) is 8.47. The van der Waals surface area contributed by atoms with Gasteiger partial charge in [-0.25, -0.2) is 19.9 Å². The van der Waals surface area contributed by atoms with Crippen molar-refractivity contribution in [1.82, 2.24) is 30.2 Å². The molecule has 0 spiro atoms. The lowest BCUT2D eigenvalue weighted by Gasteiger charge is -2.34. The molecule has 0 radical (unpaired) electrons. The van der Waals surface area contributed by atoms with E-state index in [0.29, 0.717) is 18.1 Å². The number of carbonyl (C=O) groups is 1. The van der Waals surface area contributed by atoms with Gasteiger partial charge >= 0.3 is 0 Å². The SMILES string of the molecule is CC(C)C(C)(C(=N)NC(=O)c1cnc(NC[C@@H](C)O)cn1)c1ccc(-c2cnc(N)nc2)nc1. The number of nitrogen functional groups attached to an aromatic ring is 1. The monoisotopic (exact) mass is 463 g/mol. The predicted octanol–water partition coefficient (Wildman–Crippen LogP) is 2.02. The van der Waals surface area contributed by atoms with Gasteiger partial charge in [-0.3, -0.25) is 15.2 Å². The number of amidine groups is 1. The van der Waals surface area contributed by atoms with Crippen LogP contribution in [0.4, 0.5) is 11.8 Å². The number of nitrogens with two attached hydrogens (primary N) is 1. The van der Waals surface area contributed by atoms with Crippen LogP contribution in [0.3, 0.4) is 0 Å². The highest BCUT2D eigenvalue weighted by molar-refractivity contribution is 6.07. The van der Waals surface area contributed by atoms with Crippen LogP contribution in [-0.2, 0) is 5.41 Å². The maximum atomic E-state index is 12.7. The molecule has 3 heterocycles. The maximum Gasteiger partial charge on any atom is 0.276 e. The summed E-state index contributed by atoms with van der Waals surface area (Å²) < 4.78 is 0. The largest absolute Gasteiger partial charge is 0.392 e. The molecule has 3 aromatic heterocycles. The van der Waals surface area contributed by atoms with Crippen molar-refractivity contribution >= 4 is 23.5 Å². The molecule has 34 heavy (non-hydrogen) atoms. The van der Waals surface area contributed by atoms with Crippen molar-refractivity contribution in [3.63, 3.8) is 0 Å². The second kappa shape index (κ2) is 10.3. The predicted molar refractivity (Wildman–Crippen MR) is 129 cm³/mol. The molecule has 0 saturated carbocycles. The minimum Gasteiger partial charge on any atom is -0.392 e. The van der Waals surface area contributed by atoms with E-state index in [2.05, 4.69) is 35.6 Å². The molecule has 178 valence electrons. The van der Waals surface area contributed by atoms with E-state index in [0.717, 1.165) is 11.1 Å². The lowest BCUT2D eigenvalue weighted by atomic mass is 9.72. The van der Waals surface area contributed by atoms with Gasteiger partial charge in [0, 0.05) is 30.7 Å². The molecule has 3 aromatic rings. The zero-order chi connectivity index (χ0) is 24.9. The normalized spacial score (nSPS) is 13.7. The molecule has 1 unspecified atom stereocenters. The van der Waals surface area contributed by atoms with E-state index in [1.165, 1.54) is 12.4 Å². The highest BCUT2D eigenvalue weighted by atomic mass is 16.3. The second-order valence-electron chi connectivity index (χ2n) is 8.47. The average molecular weight is 464 g/mol. The number of nitrogens with zero attached hydrogens (tertiary/aromatic N) is 5. The summed E-state index contributed by atoms with van der Waals surface area (Å²) in [5.41, 5.74) is 6.98. The van der Waals surface area contributed by atoms with E-state index in [1.54, 1.807) is 25.5 Å². The van der Waals surface area contributed by atoms with Gasteiger partial charge in [-0.1, -0.05) is 19.9 Å². The van der Waals surface area contributed by atoms with Gasteiger partial charge in [-0.05, 0) is 31.4 Å². The molecule has 0 bridgehead atoms. The molecule has 11 nitrogen and oxygen atoms in total. The summed E-state index contributed by atoms with van der Waals surface area (Å²) in [7, 11) is 0. The first-order chi connectivity index (χ1) is 16.1. The van der Waals surface area contributed by atoms with Crippen LogP contribution in [0.5, 0.6) is 0 Å². The van der Waals surface area contributed by atoms with Crippen LogP contribution >= 0.6 is 0 Å². The molecule has 6 N–H and O–H groups in total. The molecular weight excluding hydrogens is 434 g/mol. The minimum atomic E-state index is -0.814. The first-order valence-corrected chi connectivity index (χ1v) is 10.8. The maximum absolute atomic E-state index is 12.7. The number of amides is 1. The Balaban J connectivity index is 1.76. The molecule has 3 rings (SSSR count). The van der Waals surface area contributed by atoms with Gasteiger partial charge in [-0.15, -0.1) is 0 Å². The quantitative estimate of drug-likeness (QED) is 0.247. The molecule has 11 heteroatoms. The number of anilines is 2. The fraction of sp³-hybridized carbons (Fsp3) is 0.348. The van der Waals surface area contributed by atoms with Crippen LogP contribution in [0.25, 0.3) is 11.3 Å². The van der Waals surface area contributed by atoms with E-state index in [9.17, 15) is 9.90 Å².